The highest BCUT2D eigenvalue weighted by Crippen LogP contribution is 2.37. The predicted molar refractivity (Wildman–Crippen MR) is 70.3 cm³/mol. The third-order valence-electron chi connectivity index (χ3n) is 3.70. The number of aliphatic hydroxyl groups is 1. The smallest absolute Gasteiger partial charge is 0.161 e. The standard InChI is InChI=1S/C14H21NO3/c1-10-12-9-14(18-3)13(17-2)8-11(12)4-5-15(10)6-7-16/h8-10,16H,4-7H2,1-3H3/t10-/m1/s1. The second kappa shape index (κ2) is 5.59. The summed E-state index contributed by atoms with van der Waals surface area (Å²) in [4.78, 5) is 2.29. The van der Waals surface area contributed by atoms with E-state index in [9.17, 15) is 0 Å². The van der Waals surface area contributed by atoms with Crippen LogP contribution in [-0.4, -0.2) is 43.9 Å². The van der Waals surface area contributed by atoms with Crippen molar-refractivity contribution in [2.24, 2.45) is 0 Å². The number of ether oxygens (including phenoxy) is 2. The molecule has 2 rings (SSSR count). The molecule has 100 valence electrons. The molecule has 1 atom stereocenters. The summed E-state index contributed by atoms with van der Waals surface area (Å²) in [7, 11) is 3.32. The van der Waals surface area contributed by atoms with Crippen LogP contribution in [0.25, 0.3) is 0 Å². The lowest BCUT2D eigenvalue weighted by Gasteiger charge is -2.35. The van der Waals surface area contributed by atoms with E-state index in [0.29, 0.717) is 6.04 Å². The molecule has 1 heterocycles. The van der Waals surface area contributed by atoms with Crippen molar-refractivity contribution < 1.29 is 14.6 Å². The zero-order valence-corrected chi connectivity index (χ0v) is 11.3. The fraction of sp³-hybridized carbons (Fsp3) is 0.571. The van der Waals surface area contributed by atoms with E-state index in [1.807, 2.05) is 0 Å². The third kappa shape index (κ3) is 2.31. The highest BCUT2D eigenvalue weighted by atomic mass is 16.5. The molecular weight excluding hydrogens is 230 g/mol. The zero-order valence-electron chi connectivity index (χ0n) is 11.3. The zero-order chi connectivity index (χ0) is 13.1. The van der Waals surface area contributed by atoms with Gasteiger partial charge in [0.15, 0.2) is 11.5 Å². The van der Waals surface area contributed by atoms with Crippen LogP contribution >= 0.6 is 0 Å². The molecule has 4 heteroatoms. The highest BCUT2D eigenvalue weighted by molar-refractivity contribution is 5.49. The van der Waals surface area contributed by atoms with Crippen molar-refractivity contribution in [3.8, 4) is 11.5 Å². The summed E-state index contributed by atoms with van der Waals surface area (Å²) in [5.41, 5.74) is 2.58. The molecule has 1 aliphatic rings. The summed E-state index contributed by atoms with van der Waals surface area (Å²) in [5.74, 6) is 1.56. The van der Waals surface area contributed by atoms with E-state index in [4.69, 9.17) is 14.6 Å². The van der Waals surface area contributed by atoms with Crippen LogP contribution in [0.15, 0.2) is 12.1 Å². The summed E-state index contributed by atoms with van der Waals surface area (Å²) in [6, 6.07) is 4.43. The lowest BCUT2D eigenvalue weighted by Crippen LogP contribution is -2.36. The molecule has 1 aromatic carbocycles. The Kier molecular flexibility index (Phi) is 4.09. The summed E-state index contributed by atoms with van der Waals surface area (Å²) < 4.78 is 10.7. The van der Waals surface area contributed by atoms with Crippen LogP contribution in [0.2, 0.25) is 0 Å². The molecule has 0 radical (unpaired) electrons. The molecule has 0 unspecified atom stereocenters. The van der Waals surface area contributed by atoms with Gasteiger partial charge in [0.2, 0.25) is 0 Å². The molecule has 0 saturated carbocycles. The van der Waals surface area contributed by atoms with Crippen LogP contribution in [0.1, 0.15) is 24.1 Å². The molecule has 0 saturated heterocycles. The SMILES string of the molecule is COc1cc2c(cc1OC)[C@@H](C)N(CCO)CC2. The number of methoxy groups -OCH3 is 2. The van der Waals surface area contributed by atoms with Crippen LogP contribution in [0, 0.1) is 0 Å². The Balaban J connectivity index is 2.35. The lowest BCUT2D eigenvalue weighted by molar-refractivity contribution is 0.150. The number of hydrogen-bond donors (Lipinski definition) is 1. The van der Waals surface area contributed by atoms with E-state index in [-0.39, 0.29) is 6.61 Å². The third-order valence-corrected chi connectivity index (χ3v) is 3.70. The van der Waals surface area contributed by atoms with E-state index < -0.39 is 0 Å². The van der Waals surface area contributed by atoms with Gasteiger partial charge in [-0.25, -0.2) is 0 Å². The Morgan fingerprint density at radius 3 is 2.56 bits per heavy atom. The number of fused-ring (bicyclic) bond motifs is 1. The van der Waals surface area contributed by atoms with Gasteiger partial charge in [0.05, 0.1) is 20.8 Å². The minimum Gasteiger partial charge on any atom is -0.493 e. The first kappa shape index (κ1) is 13.2. The molecule has 1 aliphatic heterocycles. The van der Waals surface area contributed by atoms with Gasteiger partial charge in [-0.2, -0.15) is 0 Å². The van der Waals surface area contributed by atoms with Crippen molar-refractivity contribution in [2.75, 3.05) is 33.9 Å². The van der Waals surface area contributed by atoms with Gasteiger partial charge in [0.1, 0.15) is 0 Å². The average Bonchev–Trinajstić information content (AvgIpc) is 2.41. The van der Waals surface area contributed by atoms with Crippen LogP contribution in [0.4, 0.5) is 0 Å². The fourth-order valence-electron chi connectivity index (χ4n) is 2.63. The molecule has 18 heavy (non-hydrogen) atoms. The van der Waals surface area contributed by atoms with Crippen molar-refractivity contribution in [3.05, 3.63) is 23.3 Å². The molecule has 0 aliphatic carbocycles. The van der Waals surface area contributed by atoms with E-state index in [1.54, 1.807) is 14.2 Å². The van der Waals surface area contributed by atoms with E-state index in [1.165, 1.54) is 11.1 Å². The van der Waals surface area contributed by atoms with E-state index in [2.05, 4.69) is 24.0 Å². The number of nitrogens with zero attached hydrogens (tertiary/aromatic N) is 1. The van der Waals surface area contributed by atoms with Crippen molar-refractivity contribution in [2.45, 2.75) is 19.4 Å². The summed E-state index contributed by atoms with van der Waals surface area (Å²) in [5, 5.41) is 9.08. The van der Waals surface area contributed by atoms with Crippen molar-refractivity contribution in [3.63, 3.8) is 0 Å². The first-order chi connectivity index (χ1) is 8.71. The van der Waals surface area contributed by atoms with Crippen LogP contribution in [0.5, 0.6) is 11.5 Å². The van der Waals surface area contributed by atoms with Gasteiger partial charge in [0, 0.05) is 19.1 Å². The van der Waals surface area contributed by atoms with E-state index >= 15 is 0 Å². The first-order valence-electron chi connectivity index (χ1n) is 6.31. The van der Waals surface area contributed by atoms with Gasteiger partial charge in [0.25, 0.3) is 0 Å². The summed E-state index contributed by atoms with van der Waals surface area (Å²) >= 11 is 0. The second-order valence-electron chi connectivity index (χ2n) is 4.59. The van der Waals surface area contributed by atoms with Crippen molar-refractivity contribution in [1.29, 1.82) is 0 Å². The monoisotopic (exact) mass is 251 g/mol. The Hall–Kier alpha value is -1.26. The quantitative estimate of drug-likeness (QED) is 0.883. The Labute approximate surface area is 108 Å². The normalized spacial score (nSPS) is 19.4. The molecule has 0 fully saturated rings. The highest BCUT2D eigenvalue weighted by Gasteiger charge is 2.25. The molecule has 0 spiro atoms. The maximum Gasteiger partial charge on any atom is 0.161 e. The average molecular weight is 251 g/mol. The Morgan fingerprint density at radius 2 is 1.94 bits per heavy atom. The molecule has 4 nitrogen and oxygen atoms in total. The van der Waals surface area contributed by atoms with Crippen molar-refractivity contribution in [1.82, 2.24) is 4.90 Å². The van der Waals surface area contributed by atoms with Gasteiger partial charge in [-0.05, 0) is 36.6 Å². The Morgan fingerprint density at radius 1 is 1.28 bits per heavy atom. The minimum atomic E-state index is 0.201. The van der Waals surface area contributed by atoms with Gasteiger partial charge >= 0.3 is 0 Å². The number of β-amino-alcohol motifs (C(OH)–C–C–N with tert-alkyl or cyclic N) is 1. The summed E-state index contributed by atoms with van der Waals surface area (Å²) in [6.45, 7) is 4.06. The van der Waals surface area contributed by atoms with E-state index in [0.717, 1.165) is 31.0 Å². The molecule has 1 aromatic rings. The number of hydrogen-bond acceptors (Lipinski definition) is 4. The number of benzene rings is 1. The van der Waals surface area contributed by atoms with Gasteiger partial charge in [-0.3, -0.25) is 4.90 Å². The van der Waals surface area contributed by atoms with Crippen molar-refractivity contribution >= 4 is 0 Å². The molecular formula is C14H21NO3. The molecule has 0 bridgehead atoms. The lowest BCUT2D eigenvalue weighted by atomic mass is 9.93. The Bertz CT molecular complexity index is 420. The minimum absolute atomic E-state index is 0.201. The molecule has 0 aromatic heterocycles. The topological polar surface area (TPSA) is 41.9 Å². The van der Waals surface area contributed by atoms with Crippen LogP contribution in [0.3, 0.4) is 0 Å². The number of rotatable bonds is 4. The van der Waals surface area contributed by atoms with Gasteiger partial charge in [-0.15, -0.1) is 0 Å². The fourth-order valence-corrected chi connectivity index (χ4v) is 2.63. The van der Waals surface area contributed by atoms with Crippen LogP contribution < -0.4 is 9.47 Å². The summed E-state index contributed by atoms with van der Waals surface area (Å²) in [6.07, 6.45) is 0.986. The first-order valence-corrected chi connectivity index (χ1v) is 6.31. The second-order valence-corrected chi connectivity index (χ2v) is 4.59. The van der Waals surface area contributed by atoms with Crippen LogP contribution in [-0.2, 0) is 6.42 Å². The largest absolute Gasteiger partial charge is 0.493 e. The van der Waals surface area contributed by atoms with Gasteiger partial charge < -0.3 is 14.6 Å². The molecule has 1 N–H and O–H groups in total. The maximum atomic E-state index is 9.08. The maximum absolute atomic E-state index is 9.08. The predicted octanol–water partition coefficient (Wildman–Crippen LogP) is 1.62. The number of aliphatic hydroxyl groups excluding tert-OH is 1. The molecule has 0 amide bonds. The van der Waals surface area contributed by atoms with Gasteiger partial charge in [-0.1, -0.05) is 0 Å².